The molecule has 2 rings (SSSR count). The lowest BCUT2D eigenvalue weighted by Gasteiger charge is -2.13. The SMILES string of the molecule is CC(=O)c1ccc(C#N)cc1NCCC1CCCO1. The number of nitrogens with one attached hydrogen (secondary N) is 1. The molecule has 1 saturated heterocycles. The summed E-state index contributed by atoms with van der Waals surface area (Å²) in [5.74, 6) is 0.00380. The first-order chi connectivity index (χ1) is 9.20. The Hall–Kier alpha value is -1.86. The van der Waals surface area contributed by atoms with E-state index in [4.69, 9.17) is 10.00 Å². The van der Waals surface area contributed by atoms with Crippen LogP contribution in [-0.4, -0.2) is 25.0 Å². The normalized spacial score (nSPS) is 18.0. The highest BCUT2D eigenvalue weighted by Gasteiger charge is 2.15. The molecule has 1 heterocycles. The number of carbonyl (C=O) groups excluding carboxylic acids is 1. The molecule has 100 valence electrons. The maximum Gasteiger partial charge on any atom is 0.161 e. The van der Waals surface area contributed by atoms with Gasteiger partial charge >= 0.3 is 0 Å². The zero-order valence-electron chi connectivity index (χ0n) is 11.1. The molecular formula is C15H18N2O2. The first-order valence-electron chi connectivity index (χ1n) is 6.61. The van der Waals surface area contributed by atoms with Crippen LogP contribution >= 0.6 is 0 Å². The van der Waals surface area contributed by atoms with E-state index in [2.05, 4.69) is 11.4 Å². The van der Waals surface area contributed by atoms with Crippen molar-refractivity contribution >= 4 is 11.5 Å². The molecule has 4 nitrogen and oxygen atoms in total. The summed E-state index contributed by atoms with van der Waals surface area (Å²) in [4.78, 5) is 11.5. The molecule has 1 atom stereocenters. The van der Waals surface area contributed by atoms with Crippen LogP contribution in [0.15, 0.2) is 18.2 Å². The lowest BCUT2D eigenvalue weighted by molar-refractivity contribution is 0.101. The van der Waals surface area contributed by atoms with Crippen LogP contribution in [0.5, 0.6) is 0 Å². The van der Waals surface area contributed by atoms with Crippen LogP contribution in [0.2, 0.25) is 0 Å². The minimum atomic E-state index is 0.00380. The Balaban J connectivity index is 2.00. The molecule has 0 aliphatic carbocycles. The zero-order chi connectivity index (χ0) is 13.7. The van der Waals surface area contributed by atoms with Gasteiger partial charge in [-0.05, 0) is 44.4 Å². The molecule has 1 aliphatic rings. The first-order valence-corrected chi connectivity index (χ1v) is 6.61. The van der Waals surface area contributed by atoms with Gasteiger partial charge in [-0.25, -0.2) is 0 Å². The Labute approximate surface area is 113 Å². The number of benzene rings is 1. The zero-order valence-corrected chi connectivity index (χ0v) is 11.1. The lowest BCUT2D eigenvalue weighted by Crippen LogP contribution is -2.14. The molecular weight excluding hydrogens is 240 g/mol. The van der Waals surface area contributed by atoms with Gasteiger partial charge in [0, 0.05) is 24.4 Å². The van der Waals surface area contributed by atoms with Crippen LogP contribution in [0.3, 0.4) is 0 Å². The van der Waals surface area contributed by atoms with E-state index in [0.29, 0.717) is 17.2 Å². The Morgan fingerprint density at radius 1 is 1.58 bits per heavy atom. The fourth-order valence-electron chi connectivity index (χ4n) is 2.31. The van der Waals surface area contributed by atoms with Crippen LogP contribution in [0.25, 0.3) is 0 Å². The Morgan fingerprint density at radius 2 is 2.42 bits per heavy atom. The number of carbonyl (C=O) groups is 1. The van der Waals surface area contributed by atoms with Crippen molar-refractivity contribution in [3.8, 4) is 6.07 Å². The number of rotatable bonds is 5. The fourth-order valence-corrected chi connectivity index (χ4v) is 2.31. The molecule has 1 unspecified atom stereocenters. The largest absolute Gasteiger partial charge is 0.384 e. The minimum absolute atomic E-state index is 0.00380. The third-order valence-corrected chi connectivity index (χ3v) is 3.33. The fraction of sp³-hybridized carbons (Fsp3) is 0.467. The second kappa shape index (κ2) is 6.35. The summed E-state index contributed by atoms with van der Waals surface area (Å²) in [6, 6.07) is 7.19. The van der Waals surface area contributed by atoms with E-state index in [1.807, 2.05) is 0 Å². The summed E-state index contributed by atoms with van der Waals surface area (Å²) in [5, 5.41) is 12.2. The van der Waals surface area contributed by atoms with Gasteiger partial charge in [0.2, 0.25) is 0 Å². The predicted octanol–water partition coefficient (Wildman–Crippen LogP) is 2.74. The molecule has 1 aliphatic heterocycles. The number of ketones is 1. The second-order valence-electron chi connectivity index (χ2n) is 4.78. The smallest absolute Gasteiger partial charge is 0.161 e. The summed E-state index contributed by atoms with van der Waals surface area (Å²) in [5.41, 5.74) is 1.93. The van der Waals surface area contributed by atoms with E-state index in [1.165, 1.54) is 6.92 Å². The highest BCUT2D eigenvalue weighted by Crippen LogP contribution is 2.20. The molecule has 0 spiro atoms. The van der Waals surface area contributed by atoms with Crippen LogP contribution in [0, 0.1) is 11.3 Å². The maximum absolute atomic E-state index is 11.5. The third-order valence-electron chi connectivity index (χ3n) is 3.33. The number of hydrogen-bond acceptors (Lipinski definition) is 4. The van der Waals surface area contributed by atoms with E-state index in [-0.39, 0.29) is 5.78 Å². The highest BCUT2D eigenvalue weighted by atomic mass is 16.5. The Morgan fingerprint density at radius 3 is 3.05 bits per heavy atom. The average molecular weight is 258 g/mol. The van der Waals surface area contributed by atoms with Crippen molar-refractivity contribution in [2.24, 2.45) is 0 Å². The third kappa shape index (κ3) is 3.55. The quantitative estimate of drug-likeness (QED) is 0.825. The van der Waals surface area contributed by atoms with Crippen molar-refractivity contribution in [2.45, 2.75) is 32.3 Å². The Kier molecular flexibility index (Phi) is 4.53. The maximum atomic E-state index is 11.5. The van der Waals surface area contributed by atoms with Gasteiger partial charge in [0.25, 0.3) is 0 Å². The topological polar surface area (TPSA) is 62.1 Å². The number of ether oxygens (including phenoxy) is 1. The molecule has 0 saturated carbocycles. The van der Waals surface area contributed by atoms with Crippen LogP contribution in [0.4, 0.5) is 5.69 Å². The van der Waals surface area contributed by atoms with Crippen LogP contribution in [-0.2, 0) is 4.74 Å². The van der Waals surface area contributed by atoms with Crippen LogP contribution in [0.1, 0.15) is 42.1 Å². The molecule has 0 radical (unpaired) electrons. The van der Waals surface area contributed by atoms with Crippen LogP contribution < -0.4 is 5.32 Å². The number of anilines is 1. The molecule has 0 bridgehead atoms. The summed E-state index contributed by atoms with van der Waals surface area (Å²) >= 11 is 0. The summed E-state index contributed by atoms with van der Waals surface area (Å²) < 4.78 is 5.55. The van der Waals surface area contributed by atoms with Crippen molar-refractivity contribution in [1.82, 2.24) is 0 Å². The Bertz CT molecular complexity index is 499. The van der Waals surface area contributed by atoms with Gasteiger partial charge in [0.05, 0.1) is 17.7 Å². The summed E-state index contributed by atoms with van der Waals surface area (Å²) in [7, 11) is 0. The molecule has 1 N–H and O–H groups in total. The number of Topliss-reactive ketones (excluding diaryl/α,β-unsaturated/α-hetero) is 1. The lowest BCUT2D eigenvalue weighted by atomic mass is 10.1. The minimum Gasteiger partial charge on any atom is -0.384 e. The number of nitrogens with zero attached hydrogens (tertiary/aromatic N) is 1. The van der Waals surface area contributed by atoms with Gasteiger partial charge in [-0.2, -0.15) is 5.26 Å². The molecule has 0 aromatic heterocycles. The molecule has 19 heavy (non-hydrogen) atoms. The second-order valence-corrected chi connectivity index (χ2v) is 4.78. The standard InChI is InChI=1S/C15H18N2O2/c1-11(18)14-5-4-12(10-16)9-15(14)17-7-6-13-3-2-8-19-13/h4-5,9,13,17H,2-3,6-8H2,1H3. The van der Waals surface area contributed by atoms with Gasteiger partial charge in [-0.1, -0.05) is 0 Å². The van der Waals surface area contributed by atoms with Crippen molar-refractivity contribution in [3.05, 3.63) is 29.3 Å². The predicted molar refractivity (Wildman–Crippen MR) is 73.2 cm³/mol. The van der Waals surface area contributed by atoms with Gasteiger partial charge < -0.3 is 10.1 Å². The number of nitriles is 1. The van der Waals surface area contributed by atoms with Gasteiger partial charge in [-0.15, -0.1) is 0 Å². The van der Waals surface area contributed by atoms with Gasteiger partial charge in [-0.3, -0.25) is 4.79 Å². The molecule has 1 aromatic rings. The van der Waals surface area contributed by atoms with E-state index < -0.39 is 0 Å². The first kappa shape index (κ1) is 13.6. The van der Waals surface area contributed by atoms with Crippen molar-refractivity contribution in [3.63, 3.8) is 0 Å². The summed E-state index contributed by atoms with van der Waals surface area (Å²) in [6.45, 7) is 3.14. The van der Waals surface area contributed by atoms with Crippen molar-refractivity contribution in [2.75, 3.05) is 18.5 Å². The molecule has 1 fully saturated rings. The van der Waals surface area contributed by atoms with Gasteiger partial charge in [0.15, 0.2) is 5.78 Å². The van der Waals surface area contributed by atoms with E-state index in [9.17, 15) is 4.79 Å². The van der Waals surface area contributed by atoms with Gasteiger partial charge in [0.1, 0.15) is 0 Å². The van der Waals surface area contributed by atoms with E-state index in [0.717, 1.165) is 38.1 Å². The van der Waals surface area contributed by atoms with Crippen molar-refractivity contribution < 1.29 is 9.53 Å². The van der Waals surface area contributed by atoms with Crippen molar-refractivity contribution in [1.29, 1.82) is 5.26 Å². The average Bonchev–Trinajstić information content (AvgIpc) is 2.91. The molecule has 4 heteroatoms. The van der Waals surface area contributed by atoms with E-state index >= 15 is 0 Å². The molecule has 1 aromatic carbocycles. The summed E-state index contributed by atoms with van der Waals surface area (Å²) in [6.07, 6.45) is 3.49. The highest BCUT2D eigenvalue weighted by molar-refractivity contribution is 5.99. The molecule has 0 amide bonds. The number of hydrogen-bond donors (Lipinski definition) is 1. The monoisotopic (exact) mass is 258 g/mol. The van der Waals surface area contributed by atoms with E-state index in [1.54, 1.807) is 18.2 Å².